The van der Waals surface area contributed by atoms with Gasteiger partial charge in [-0.25, -0.2) is 8.42 Å². The molecule has 156 valence electrons. The number of halogens is 2. The van der Waals surface area contributed by atoms with Gasteiger partial charge in [-0.2, -0.15) is 0 Å². The molecule has 0 fully saturated rings. The number of carbonyl (C=O) groups excluding carboxylic acids is 1. The van der Waals surface area contributed by atoms with Gasteiger partial charge in [0.15, 0.2) is 6.61 Å². The van der Waals surface area contributed by atoms with E-state index in [1.54, 1.807) is 24.5 Å². The van der Waals surface area contributed by atoms with Crippen molar-refractivity contribution in [2.24, 2.45) is 0 Å². The molecule has 7 nitrogen and oxygen atoms in total. The summed E-state index contributed by atoms with van der Waals surface area (Å²) in [6.45, 7) is 0.164. The van der Waals surface area contributed by atoms with E-state index in [1.165, 1.54) is 42.5 Å². The third kappa shape index (κ3) is 6.35. The second-order valence-electron chi connectivity index (χ2n) is 6.16. The molecule has 0 saturated carbocycles. The van der Waals surface area contributed by atoms with E-state index in [9.17, 15) is 13.2 Å². The third-order valence-electron chi connectivity index (χ3n) is 3.86. The molecule has 0 radical (unpaired) electrons. The SMILES string of the molecule is O=C(COc1ccc(S(=O)(=O)Nc2cc(Cl)cc(Cl)c2)cc1)NCc1ccncc1. The van der Waals surface area contributed by atoms with Crippen LogP contribution in [0.5, 0.6) is 5.75 Å². The second kappa shape index (κ2) is 9.80. The van der Waals surface area contributed by atoms with Crippen LogP contribution in [0.15, 0.2) is 71.9 Å². The Labute approximate surface area is 184 Å². The zero-order valence-electron chi connectivity index (χ0n) is 15.5. The Balaban J connectivity index is 1.55. The van der Waals surface area contributed by atoms with Gasteiger partial charge >= 0.3 is 0 Å². The van der Waals surface area contributed by atoms with Crippen molar-refractivity contribution in [3.8, 4) is 5.75 Å². The first-order chi connectivity index (χ1) is 14.3. The van der Waals surface area contributed by atoms with E-state index in [0.29, 0.717) is 22.3 Å². The Morgan fingerprint density at radius 2 is 1.60 bits per heavy atom. The van der Waals surface area contributed by atoms with Crippen molar-refractivity contribution in [3.63, 3.8) is 0 Å². The van der Waals surface area contributed by atoms with Gasteiger partial charge in [-0.05, 0) is 60.2 Å². The highest BCUT2D eigenvalue weighted by atomic mass is 35.5. The maximum absolute atomic E-state index is 12.5. The number of anilines is 1. The minimum Gasteiger partial charge on any atom is -0.484 e. The number of aromatic nitrogens is 1. The van der Waals surface area contributed by atoms with Crippen LogP contribution in [0.1, 0.15) is 5.56 Å². The number of nitrogens with one attached hydrogen (secondary N) is 2. The maximum atomic E-state index is 12.5. The van der Waals surface area contributed by atoms with Crippen LogP contribution in [-0.4, -0.2) is 25.9 Å². The molecule has 2 N–H and O–H groups in total. The van der Waals surface area contributed by atoms with Crippen LogP contribution in [0.4, 0.5) is 5.69 Å². The van der Waals surface area contributed by atoms with E-state index in [1.807, 2.05) is 0 Å². The van der Waals surface area contributed by atoms with E-state index < -0.39 is 10.0 Å². The van der Waals surface area contributed by atoms with Crippen molar-refractivity contribution in [3.05, 3.63) is 82.6 Å². The van der Waals surface area contributed by atoms with Crippen LogP contribution in [0.3, 0.4) is 0 Å². The number of pyridine rings is 1. The summed E-state index contributed by atoms with van der Waals surface area (Å²) in [7, 11) is -3.84. The van der Waals surface area contributed by atoms with Gasteiger partial charge in [-0.1, -0.05) is 23.2 Å². The van der Waals surface area contributed by atoms with Crippen molar-refractivity contribution < 1.29 is 17.9 Å². The monoisotopic (exact) mass is 465 g/mol. The molecule has 0 unspecified atom stereocenters. The fraction of sp³-hybridized carbons (Fsp3) is 0.100. The average Bonchev–Trinajstić information content (AvgIpc) is 2.70. The molecule has 1 aromatic heterocycles. The van der Waals surface area contributed by atoms with Gasteiger partial charge in [0.1, 0.15) is 5.75 Å². The van der Waals surface area contributed by atoms with Crippen LogP contribution in [-0.2, 0) is 21.4 Å². The fourth-order valence-corrected chi connectivity index (χ4v) is 4.01. The fourth-order valence-electron chi connectivity index (χ4n) is 2.44. The number of rotatable bonds is 8. The molecule has 0 aliphatic rings. The lowest BCUT2D eigenvalue weighted by atomic mass is 10.3. The van der Waals surface area contributed by atoms with E-state index in [2.05, 4.69) is 15.0 Å². The summed E-state index contributed by atoms with van der Waals surface area (Å²) >= 11 is 11.8. The van der Waals surface area contributed by atoms with Crippen LogP contribution in [0.2, 0.25) is 10.0 Å². The van der Waals surface area contributed by atoms with Gasteiger partial charge in [-0.3, -0.25) is 14.5 Å². The molecule has 3 rings (SSSR count). The first-order valence-electron chi connectivity index (χ1n) is 8.69. The number of nitrogens with zero attached hydrogens (tertiary/aromatic N) is 1. The Kier molecular flexibility index (Phi) is 7.15. The Morgan fingerprint density at radius 3 is 2.23 bits per heavy atom. The van der Waals surface area contributed by atoms with E-state index in [4.69, 9.17) is 27.9 Å². The van der Waals surface area contributed by atoms with Crippen molar-refractivity contribution in [2.45, 2.75) is 11.4 Å². The lowest BCUT2D eigenvalue weighted by Crippen LogP contribution is -2.28. The summed E-state index contributed by atoms with van der Waals surface area (Å²) in [6.07, 6.45) is 3.28. The molecule has 1 heterocycles. The summed E-state index contributed by atoms with van der Waals surface area (Å²) in [5.41, 5.74) is 1.17. The maximum Gasteiger partial charge on any atom is 0.261 e. The average molecular weight is 466 g/mol. The summed E-state index contributed by atoms with van der Waals surface area (Å²) in [6, 6.07) is 13.7. The number of benzene rings is 2. The molecule has 0 spiro atoms. The normalized spacial score (nSPS) is 11.0. The summed E-state index contributed by atoms with van der Waals surface area (Å²) in [5, 5.41) is 3.34. The molecular weight excluding hydrogens is 449 g/mol. The van der Waals surface area contributed by atoms with E-state index in [-0.39, 0.29) is 23.1 Å². The van der Waals surface area contributed by atoms with Gasteiger partial charge in [0.05, 0.1) is 10.6 Å². The zero-order chi connectivity index (χ0) is 21.6. The lowest BCUT2D eigenvalue weighted by Gasteiger charge is -2.10. The van der Waals surface area contributed by atoms with Gasteiger partial charge < -0.3 is 10.1 Å². The minimum absolute atomic E-state index is 0.0214. The van der Waals surface area contributed by atoms with Gasteiger partial charge in [-0.15, -0.1) is 0 Å². The number of ether oxygens (including phenoxy) is 1. The molecule has 10 heteroatoms. The third-order valence-corrected chi connectivity index (χ3v) is 5.69. The van der Waals surface area contributed by atoms with Crippen LogP contribution >= 0.6 is 23.2 Å². The van der Waals surface area contributed by atoms with Crippen molar-refractivity contribution >= 4 is 44.8 Å². The van der Waals surface area contributed by atoms with Gasteiger partial charge in [0, 0.05) is 29.0 Å². The van der Waals surface area contributed by atoms with E-state index >= 15 is 0 Å². The second-order valence-corrected chi connectivity index (χ2v) is 8.71. The van der Waals surface area contributed by atoms with Gasteiger partial charge in [0.2, 0.25) is 0 Å². The molecule has 1 amide bonds. The Hall–Kier alpha value is -2.81. The highest BCUT2D eigenvalue weighted by molar-refractivity contribution is 7.92. The molecule has 3 aromatic rings. The number of sulfonamides is 1. The Morgan fingerprint density at radius 1 is 0.967 bits per heavy atom. The molecule has 0 atom stereocenters. The standard InChI is InChI=1S/C20H17Cl2N3O4S/c21-15-9-16(22)11-17(10-15)25-30(27,28)19-3-1-18(2-4-19)29-13-20(26)24-12-14-5-7-23-8-6-14/h1-11,25H,12-13H2,(H,24,26). The molecular formula is C20H17Cl2N3O4S. The van der Waals surface area contributed by atoms with Crippen molar-refractivity contribution in [2.75, 3.05) is 11.3 Å². The van der Waals surface area contributed by atoms with E-state index in [0.717, 1.165) is 5.56 Å². The highest BCUT2D eigenvalue weighted by Crippen LogP contribution is 2.25. The first kappa shape index (κ1) is 21.9. The van der Waals surface area contributed by atoms with Crippen LogP contribution in [0, 0.1) is 0 Å². The van der Waals surface area contributed by atoms with Gasteiger partial charge in [0.25, 0.3) is 15.9 Å². The topological polar surface area (TPSA) is 97.4 Å². The predicted molar refractivity (Wildman–Crippen MR) is 115 cm³/mol. The minimum atomic E-state index is -3.84. The largest absolute Gasteiger partial charge is 0.484 e. The first-order valence-corrected chi connectivity index (χ1v) is 10.9. The van der Waals surface area contributed by atoms with Crippen LogP contribution in [0.25, 0.3) is 0 Å². The summed E-state index contributed by atoms with van der Waals surface area (Å²) in [5.74, 6) is 0.0572. The molecule has 0 aliphatic carbocycles. The Bertz CT molecular complexity index is 1100. The lowest BCUT2D eigenvalue weighted by molar-refractivity contribution is -0.123. The molecule has 2 aromatic carbocycles. The predicted octanol–water partition coefficient (Wildman–Crippen LogP) is 3.88. The quantitative estimate of drug-likeness (QED) is 0.525. The zero-order valence-corrected chi connectivity index (χ0v) is 17.8. The van der Waals surface area contributed by atoms with Crippen molar-refractivity contribution in [1.82, 2.24) is 10.3 Å². The van der Waals surface area contributed by atoms with Crippen molar-refractivity contribution in [1.29, 1.82) is 0 Å². The number of amides is 1. The number of hydrogen-bond acceptors (Lipinski definition) is 5. The molecule has 0 aliphatic heterocycles. The number of carbonyl (C=O) groups is 1. The highest BCUT2D eigenvalue weighted by Gasteiger charge is 2.15. The molecule has 0 bridgehead atoms. The smallest absolute Gasteiger partial charge is 0.261 e. The molecule has 0 saturated heterocycles. The summed E-state index contributed by atoms with van der Waals surface area (Å²) in [4.78, 5) is 15.8. The number of hydrogen-bond donors (Lipinski definition) is 2. The molecule has 30 heavy (non-hydrogen) atoms. The van der Waals surface area contributed by atoms with Crippen LogP contribution < -0.4 is 14.8 Å². The summed E-state index contributed by atoms with van der Waals surface area (Å²) < 4.78 is 32.8.